The van der Waals surface area contributed by atoms with Crippen molar-refractivity contribution >= 4 is 29.3 Å². The topological polar surface area (TPSA) is 138 Å². The van der Waals surface area contributed by atoms with Crippen LogP contribution in [0.3, 0.4) is 0 Å². The molecule has 0 spiro atoms. The van der Waals surface area contributed by atoms with Crippen LogP contribution in [0.25, 0.3) is 0 Å². The third-order valence-electron chi connectivity index (χ3n) is 8.31. The molecule has 0 radical (unpaired) electrons. The molecular formula is C30H38ClF3N8O4. The molecule has 0 atom stereocenters. The minimum Gasteiger partial charge on any atom is -0.475 e. The van der Waals surface area contributed by atoms with Crippen molar-refractivity contribution in [2.75, 3.05) is 64.5 Å². The summed E-state index contributed by atoms with van der Waals surface area (Å²) in [5.74, 6) is -2.69. The number of anilines is 1. The number of hydrazine groups is 1. The number of hydrogen-bond donors (Lipinski definition) is 2. The summed E-state index contributed by atoms with van der Waals surface area (Å²) in [4.78, 5) is 38.0. The lowest BCUT2D eigenvalue weighted by Crippen LogP contribution is -2.52. The van der Waals surface area contributed by atoms with E-state index in [1.54, 1.807) is 5.01 Å². The van der Waals surface area contributed by atoms with Crippen LogP contribution >= 0.6 is 11.6 Å². The lowest BCUT2D eigenvalue weighted by atomic mass is 10.0. The standard InChI is InChI=1S/C28H37ClN8O2.C2HF3O2/c1-34-12-14-36(15-13-34)23-6-10-35(11-7-23)20-21-2-4-22(5-3-21)28(38)33-37(24-8-16-39-17-9-24)27-25(29)19-31-26(18-30)32-27;3-2(4,5)1(6)7/h2-5,19,23-24H,6-17,20H2,1H3,(H,33,38);(H,6,7). The Balaban J connectivity index is 0.000000617. The maximum absolute atomic E-state index is 13.3. The van der Waals surface area contributed by atoms with E-state index in [4.69, 9.17) is 26.2 Å². The molecule has 0 saturated carbocycles. The number of carbonyl (C=O) groups excluding carboxylic acids is 1. The van der Waals surface area contributed by atoms with Crippen molar-refractivity contribution in [3.05, 3.63) is 52.4 Å². The average molecular weight is 667 g/mol. The Bertz CT molecular complexity index is 1360. The van der Waals surface area contributed by atoms with Gasteiger partial charge in [-0.1, -0.05) is 23.7 Å². The Morgan fingerprint density at radius 2 is 1.70 bits per heavy atom. The van der Waals surface area contributed by atoms with E-state index in [1.165, 1.54) is 50.8 Å². The predicted octanol–water partition coefficient (Wildman–Crippen LogP) is 3.18. The predicted molar refractivity (Wildman–Crippen MR) is 163 cm³/mol. The van der Waals surface area contributed by atoms with Crippen molar-refractivity contribution in [3.63, 3.8) is 0 Å². The molecule has 46 heavy (non-hydrogen) atoms. The maximum atomic E-state index is 13.3. The number of rotatable bonds is 7. The van der Waals surface area contributed by atoms with Crippen LogP contribution < -0.4 is 10.4 Å². The molecule has 0 bridgehead atoms. The zero-order valence-electron chi connectivity index (χ0n) is 25.5. The fourth-order valence-electron chi connectivity index (χ4n) is 5.66. The van der Waals surface area contributed by atoms with Gasteiger partial charge in [0.1, 0.15) is 11.1 Å². The number of carboxylic acid groups (broad SMARTS) is 1. The lowest BCUT2D eigenvalue weighted by Gasteiger charge is -2.42. The summed E-state index contributed by atoms with van der Waals surface area (Å²) < 4.78 is 37.2. The van der Waals surface area contributed by atoms with Crippen molar-refractivity contribution in [2.24, 2.45) is 0 Å². The number of amides is 1. The van der Waals surface area contributed by atoms with Gasteiger partial charge in [-0.25, -0.2) is 9.78 Å². The summed E-state index contributed by atoms with van der Waals surface area (Å²) >= 11 is 6.40. The summed E-state index contributed by atoms with van der Waals surface area (Å²) in [5, 5.41) is 18.3. The minimum absolute atomic E-state index is 0.00220. The monoisotopic (exact) mass is 666 g/mol. The Morgan fingerprint density at radius 1 is 1.09 bits per heavy atom. The van der Waals surface area contributed by atoms with Gasteiger partial charge in [-0.05, 0) is 63.5 Å². The first-order chi connectivity index (χ1) is 21.9. The van der Waals surface area contributed by atoms with Crippen LogP contribution in [-0.2, 0) is 16.1 Å². The quantitative estimate of drug-likeness (QED) is 0.422. The third-order valence-corrected chi connectivity index (χ3v) is 8.57. The van der Waals surface area contributed by atoms with Gasteiger partial charge in [-0.2, -0.15) is 23.4 Å². The summed E-state index contributed by atoms with van der Waals surface area (Å²) in [5.41, 5.74) is 4.74. The van der Waals surface area contributed by atoms with E-state index < -0.39 is 12.1 Å². The SMILES string of the molecule is CN1CCN(C2CCN(Cc3ccc(C(=O)NN(c4nc(C#N)ncc4Cl)C4CCOCC4)cc3)CC2)CC1.O=C(O)C(F)(F)F. The number of likely N-dealkylation sites (N-methyl/N-ethyl adjacent to an activating group) is 1. The van der Waals surface area contributed by atoms with Gasteiger partial charge in [0.25, 0.3) is 5.91 Å². The fourth-order valence-corrected chi connectivity index (χ4v) is 5.85. The molecule has 1 aromatic heterocycles. The van der Waals surface area contributed by atoms with E-state index in [2.05, 4.69) is 37.1 Å². The van der Waals surface area contributed by atoms with Gasteiger partial charge >= 0.3 is 12.1 Å². The van der Waals surface area contributed by atoms with Crippen LogP contribution in [0.4, 0.5) is 19.0 Å². The molecule has 0 aliphatic carbocycles. The highest BCUT2D eigenvalue weighted by atomic mass is 35.5. The first kappa shape index (κ1) is 35.3. The molecule has 16 heteroatoms. The highest BCUT2D eigenvalue weighted by molar-refractivity contribution is 6.32. The van der Waals surface area contributed by atoms with E-state index >= 15 is 0 Å². The molecule has 2 aromatic rings. The summed E-state index contributed by atoms with van der Waals surface area (Å²) in [6.45, 7) is 8.93. The van der Waals surface area contributed by atoms with Gasteiger partial charge in [0.15, 0.2) is 5.82 Å². The number of nitriles is 1. The molecule has 3 aliphatic heterocycles. The number of halogens is 4. The molecule has 12 nitrogen and oxygen atoms in total. The summed E-state index contributed by atoms with van der Waals surface area (Å²) in [6, 6.07) is 10.4. The number of piperazine rings is 1. The molecule has 5 rings (SSSR count). The number of nitrogens with zero attached hydrogens (tertiary/aromatic N) is 7. The molecule has 3 saturated heterocycles. The molecule has 250 valence electrons. The van der Waals surface area contributed by atoms with Crippen LogP contribution in [0.15, 0.2) is 30.5 Å². The number of piperidine rings is 1. The number of aromatic nitrogens is 2. The van der Waals surface area contributed by atoms with Crippen LogP contribution in [0, 0.1) is 11.3 Å². The summed E-state index contributed by atoms with van der Waals surface area (Å²) in [7, 11) is 2.20. The second-order valence-electron chi connectivity index (χ2n) is 11.5. The summed E-state index contributed by atoms with van der Waals surface area (Å²) in [6.07, 6.45) is 0.139. The van der Waals surface area contributed by atoms with E-state index in [9.17, 15) is 23.2 Å². The van der Waals surface area contributed by atoms with Crippen molar-refractivity contribution < 1.29 is 32.6 Å². The van der Waals surface area contributed by atoms with Gasteiger partial charge in [0, 0.05) is 57.5 Å². The average Bonchev–Trinajstić information content (AvgIpc) is 3.05. The zero-order valence-corrected chi connectivity index (χ0v) is 26.3. The normalized spacial score (nSPS) is 19.0. The van der Waals surface area contributed by atoms with Gasteiger partial charge in [-0.3, -0.25) is 25.0 Å². The molecule has 3 aliphatic rings. The first-order valence-electron chi connectivity index (χ1n) is 15.1. The van der Waals surface area contributed by atoms with Gasteiger partial charge in [-0.15, -0.1) is 0 Å². The Labute approximate surface area is 270 Å². The van der Waals surface area contributed by atoms with E-state index in [0.717, 1.165) is 19.6 Å². The van der Waals surface area contributed by atoms with Crippen LogP contribution in [-0.4, -0.2) is 119 Å². The number of alkyl halides is 3. The highest BCUT2D eigenvalue weighted by Crippen LogP contribution is 2.27. The number of benzene rings is 1. The number of likely N-dealkylation sites (tertiary alicyclic amines) is 1. The third kappa shape index (κ3) is 9.97. The second kappa shape index (κ2) is 16.3. The van der Waals surface area contributed by atoms with Crippen molar-refractivity contribution in [1.82, 2.24) is 30.1 Å². The number of carbonyl (C=O) groups is 2. The molecule has 2 N–H and O–H groups in total. The fraction of sp³-hybridized carbons (Fsp3) is 0.567. The number of aliphatic carboxylic acids is 1. The molecule has 0 unspecified atom stereocenters. The van der Waals surface area contributed by atoms with Gasteiger partial charge in [0.2, 0.25) is 5.82 Å². The van der Waals surface area contributed by atoms with Crippen molar-refractivity contribution in [2.45, 2.75) is 50.5 Å². The van der Waals surface area contributed by atoms with E-state index in [0.29, 0.717) is 43.5 Å². The van der Waals surface area contributed by atoms with E-state index in [-0.39, 0.29) is 22.8 Å². The Morgan fingerprint density at radius 3 is 2.26 bits per heavy atom. The second-order valence-corrected chi connectivity index (χ2v) is 11.9. The van der Waals surface area contributed by atoms with Crippen LogP contribution in [0.1, 0.15) is 47.4 Å². The van der Waals surface area contributed by atoms with Gasteiger partial charge < -0.3 is 14.7 Å². The highest BCUT2D eigenvalue weighted by Gasteiger charge is 2.38. The first-order valence-corrected chi connectivity index (χ1v) is 15.5. The van der Waals surface area contributed by atoms with E-state index in [1.807, 2.05) is 30.3 Å². The molecule has 4 heterocycles. The smallest absolute Gasteiger partial charge is 0.475 e. The Hall–Kier alpha value is -3.55. The van der Waals surface area contributed by atoms with Crippen molar-refractivity contribution in [3.8, 4) is 6.07 Å². The number of hydrogen-bond acceptors (Lipinski definition) is 10. The lowest BCUT2D eigenvalue weighted by molar-refractivity contribution is -0.192. The largest absolute Gasteiger partial charge is 0.490 e. The molecule has 1 aromatic carbocycles. The number of ether oxygens (including phenoxy) is 1. The number of carboxylic acids is 1. The van der Waals surface area contributed by atoms with Crippen LogP contribution in [0.2, 0.25) is 5.02 Å². The maximum Gasteiger partial charge on any atom is 0.490 e. The zero-order chi connectivity index (χ0) is 33.3. The van der Waals surface area contributed by atoms with Gasteiger partial charge in [0.05, 0.1) is 12.2 Å². The minimum atomic E-state index is -5.08. The van der Waals surface area contributed by atoms with Crippen molar-refractivity contribution in [1.29, 1.82) is 5.26 Å². The van der Waals surface area contributed by atoms with Crippen LogP contribution in [0.5, 0.6) is 0 Å². The number of nitrogens with one attached hydrogen (secondary N) is 1. The molecular weight excluding hydrogens is 629 g/mol. The Kier molecular flexibility index (Phi) is 12.5. The molecule has 3 fully saturated rings. The molecule has 1 amide bonds.